The van der Waals surface area contributed by atoms with E-state index in [9.17, 15) is 4.79 Å². The molecule has 8 heteroatoms. The van der Waals surface area contributed by atoms with Crippen LogP contribution in [0.5, 0.6) is 0 Å². The molecule has 3 rings (SSSR count). The van der Waals surface area contributed by atoms with Gasteiger partial charge in [-0.15, -0.1) is 5.10 Å². The van der Waals surface area contributed by atoms with Crippen molar-refractivity contribution in [3.05, 3.63) is 59.2 Å². The Morgan fingerprint density at radius 3 is 2.44 bits per heavy atom. The average Bonchev–Trinajstić information content (AvgIpc) is 2.59. The zero-order valence-electron chi connectivity index (χ0n) is 13.3. The number of amides is 1. The molecule has 7 nitrogen and oxygen atoms in total. The monoisotopic (exact) mass is 398 g/mol. The molecule has 0 atom stereocenters. The van der Waals surface area contributed by atoms with Gasteiger partial charge in [-0.1, -0.05) is 12.1 Å². The van der Waals surface area contributed by atoms with Gasteiger partial charge in [0.1, 0.15) is 0 Å². The van der Waals surface area contributed by atoms with Gasteiger partial charge in [0.2, 0.25) is 11.9 Å². The molecule has 0 spiro atoms. The second-order valence-electron chi connectivity index (χ2n) is 5.15. The number of aromatic nitrogens is 3. The SMILES string of the molecule is CC(=O)Nc1ccc(Nc2nncc(Nc3ccccc3Br)n2)cc1. The number of anilines is 5. The van der Waals surface area contributed by atoms with Crippen molar-refractivity contribution >= 4 is 50.7 Å². The van der Waals surface area contributed by atoms with Crippen LogP contribution in [0.4, 0.5) is 28.8 Å². The lowest BCUT2D eigenvalue weighted by Crippen LogP contribution is -2.06. The summed E-state index contributed by atoms with van der Waals surface area (Å²) >= 11 is 3.48. The van der Waals surface area contributed by atoms with Gasteiger partial charge in [-0.2, -0.15) is 10.1 Å². The third-order valence-electron chi connectivity index (χ3n) is 3.16. The lowest BCUT2D eigenvalue weighted by atomic mass is 10.3. The highest BCUT2D eigenvalue weighted by Crippen LogP contribution is 2.24. The van der Waals surface area contributed by atoms with Crippen LogP contribution in [0.15, 0.2) is 59.2 Å². The smallest absolute Gasteiger partial charge is 0.249 e. The number of nitrogens with zero attached hydrogens (tertiary/aromatic N) is 3. The van der Waals surface area contributed by atoms with Gasteiger partial charge in [-0.25, -0.2) is 0 Å². The van der Waals surface area contributed by atoms with Gasteiger partial charge in [-0.3, -0.25) is 4.79 Å². The van der Waals surface area contributed by atoms with E-state index in [0.29, 0.717) is 11.8 Å². The van der Waals surface area contributed by atoms with E-state index in [-0.39, 0.29) is 5.91 Å². The second-order valence-corrected chi connectivity index (χ2v) is 6.01. The molecule has 126 valence electrons. The molecular weight excluding hydrogens is 384 g/mol. The molecule has 3 aromatic rings. The largest absolute Gasteiger partial charge is 0.338 e. The predicted octanol–water partition coefficient (Wildman–Crippen LogP) is 4.08. The number of carbonyl (C=O) groups is 1. The minimum absolute atomic E-state index is 0.112. The van der Waals surface area contributed by atoms with Crippen molar-refractivity contribution in [2.45, 2.75) is 6.92 Å². The summed E-state index contributed by atoms with van der Waals surface area (Å²) in [6.45, 7) is 1.47. The van der Waals surface area contributed by atoms with E-state index in [2.05, 4.69) is 47.1 Å². The van der Waals surface area contributed by atoms with Crippen LogP contribution >= 0.6 is 15.9 Å². The summed E-state index contributed by atoms with van der Waals surface area (Å²) in [4.78, 5) is 15.4. The molecule has 0 bridgehead atoms. The van der Waals surface area contributed by atoms with Gasteiger partial charge in [0, 0.05) is 22.8 Å². The topological polar surface area (TPSA) is 91.8 Å². The van der Waals surface area contributed by atoms with Crippen LogP contribution in [0.25, 0.3) is 0 Å². The maximum atomic E-state index is 11.0. The molecule has 0 unspecified atom stereocenters. The van der Waals surface area contributed by atoms with Crippen molar-refractivity contribution in [3.63, 3.8) is 0 Å². The van der Waals surface area contributed by atoms with Gasteiger partial charge in [-0.05, 0) is 52.3 Å². The number of benzene rings is 2. The van der Waals surface area contributed by atoms with E-state index in [4.69, 9.17) is 0 Å². The molecule has 0 aliphatic heterocycles. The Morgan fingerprint density at radius 2 is 1.72 bits per heavy atom. The van der Waals surface area contributed by atoms with Gasteiger partial charge in [0.25, 0.3) is 0 Å². The predicted molar refractivity (Wildman–Crippen MR) is 101 cm³/mol. The van der Waals surface area contributed by atoms with Gasteiger partial charge >= 0.3 is 0 Å². The van der Waals surface area contributed by atoms with E-state index in [1.807, 2.05) is 36.4 Å². The van der Waals surface area contributed by atoms with E-state index in [1.54, 1.807) is 18.3 Å². The number of halogens is 1. The fourth-order valence-electron chi connectivity index (χ4n) is 2.09. The molecule has 0 saturated heterocycles. The summed E-state index contributed by atoms with van der Waals surface area (Å²) in [5, 5.41) is 16.9. The summed E-state index contributed by atoms with van der Waals surface area (Å²) in [5.74, 6) is 0.822. The Hall–Kier alpha value is -3.00. The fraction of sp³-hybridized carbons (Fsp3) is 0.0588. The van der Waals surface area contributed by atoms with Gasteiger partial charge < -0.3 is 16.0 Å². The van der Waals surface area contributed by atoms with E-state index in [1.165, 1.54) is 6.92 Å². The Morgan fingerprint density at radius 1 is 1.00 bits per heavy atom. The highest BCUT2D eigenvalue weighted by atomic mass is 79.9. The standard InChI is InChI=1S/C17H15BrN6O/c1-11(25)20-12-6-8-13(9-7-12)21-17-23-16(10-19-24-17)22-15-5-3-2-4-14(15)18/h2-10H,1H3,(H,20,25)(H2,21,22,23,24). The van der Waals surface area contributed by atoms with E-state index < -0.39 is 0 Å². The fourth-order valence-corrected chi connectivity index (χ4v) is 2.47. The first-order valence-corrected chi connectivity index (χ1v) is 8.25. The molecule has 0 aliphatic carbocycles. The minimum atomic E-state index is -0.112. The van der Waals surface area contributed by atoms with Crippen molar-refractivity contribution < 1.29 is 4.79 Å². The summed E-state index contributed by atoms with van der Waals surface area (Å²) in [6, 6.07) is 15.0. The van der Waals surface area contributed by atoms with Gasteiger partial charge in [0.05, 0.1) is 11.9 Å². The molecule has 3 N–H and O–H groups in total. The highest BCUT2D eigenvalue weighted by molar-refractivity contribution is 9.10. The van der Waals surface area contributed by atoms with Crippen LogP contribution in [0.2, 0.25) is 0 Å². The third-order valence-corrected chi connectivity index (χ3v) is 3.85. The molecule has 0 radical (unpaired) electrons. The van der Waals surface area contributed by atoms with E-state index in [0.717, 1.165) is 21.5 Å². The van der Waals surface area contributed by atoms with E-state index >= 15 is 0 Å². The highest BCUT2D eigenvalue weighted by Gasteiger charge is 2.04. The van der Waals surface area contributed by atoms with Crippen LogP contribution in [-0.2, 0) is 4.79 Å². The Kier molecular flexibility index (Phi) is 5.20. The third kappa shape index (κ3) is 4.74. The van der Waals surface area contributed by atoms with Crippen LogP contribution < -0.4 is 16.0 Å². The number of hydrogen-bond donors (Lipinski definition) is 3. The Balaban J connectivity index is 1.71. The zero-order valence-corrected chi connectivity index (χ0v) is 14.9. The van der Waals surface area contributed by atoms with Crippen LogP contribution in [0.1, 0.15) is 6.92 Å². The summed E-state index contributed by atoms with van der Waals surface area (Å²) in [5.41, 5.74) is 2.39. The molecule has 2 aromatic carbocycles. The van der Waals surface area contributed by atoms with Crippen molar-refractivity contribution in [3.8, 4) is 0 Å². The molecule has 0 fully saturated rings. The summed E-state index contributed by atoms with van der Waals surface area (Å²) in [7, 11) is 0. The molecular formula is C17H15BrN6O. The lowest BCUT2D eigenvalue weighted by Gasteiger charge is -2.09. The molecule has 25 heavy (non-hydrogen) atoms. The molecule has 0 saturated carbocycles. The first-order chi connectivity index (χ1) is 12.1. The quantitative estimate of drug-likeness (QED) is 0.599. The first-order valence-electron chi connectivity index (χ1n) is 7.46. The number of hydrogen-bond acceptors (Lipinski definition) is 6. The number of nitrogens with one attached hydrogen (secondary N) is 3. The van der Waals surface area contributed by atoms with Gasteiger partial charge in [0.15, 0.2) is 5.82 Å². The molecule has 1 amide bonds. The van der Waals surface area contributed by atoms with Crippen molar-refractivity contribution in [2.75, 3.05) is 16.0 Å². The molecule has 1 heterocycles. The maximum absolute atomic E-state index is 11.0. The first kappa shape index (κ1) is 16.8. The van der Waals surface area contributed by atoms with Crippen molar-refractivity contribution in [2.24, 2.45) is 0 Å². The van der Waals surface area contributed by atoms with Crippen molar-refractivity contribution in [1.29, 1.82) is 0 Å². The normalized spacial score (nSPS) is 10.2. The number of carbonyl (C=O) groups excluding carboxylic acids is 1. The summed E-state index contributed by atoms with van der Waals surface area (Å²) < 4.78 is 0.927. The molecule has 0 aliphatic rings. The van der Waals surface area contributed by atoms with Crippen LogP contribution in [0, 0.1) is 0 Å². The zero-order chi connectivity index (χ0) is 17.6. The second kappa shape index (κ2) is 7.71. The van der Waals surface area contributed by atoms with Crippen LogP contribution in [-0.4, -0.2) is 21.1 Å². The molecule has 1 aromatic heterocycles. The minimum Gasteiger partial charge on any atom is -0.338 e. The lowest BCUT2D eigenvalue weighted by molar-refractivity contribution is -0.114. The Bertz CT molecular complexity index is 884. The summed E-state index contributed by atoms with van der Waals surface area (Å²) in [6.07, 6.45) is 1.55. The van der Waals surface area contributed by atoms with Crippen LogP contribution in [0.3, 0.4) is 0 Å². The van der Waals surface area contributed by atoms with Crippen molar-refractivity contribution in [1.82, 2.24) is 15.2 Å². The number of rotatable bonds is 5. The Labute approximate surface area is 153 Å². The maximum Gasteiger partial charge on any atom is 0.249 e. The average molecular weight is 399 g/mol. The number of para-hydroxylation sites is 1.